The number of hydrogen-bond acceptors (Lipinski definition) is 1. The molecule has 1 unspecified atom stereocenters. The van der Waals surface area contributed by atoms with E-state index in [1.165, 1.54) is 66.5 Å². The van der Waals surface area contributed by atoms with Crippen molar-refractivity contribution in [3.05, 3.63) is 53.3 Å². The Labute approximate surface area is 142 Å². The first kappa shape index (κ1) is 17.8. The predicted molar refractivity (Wildman–Crippen MR) is 103 cm³/mol. The van der Waals surface area contributed by atoms with Crippen LogP contribution < -0.4 is 5.32 Å². The zero-order valence-corrected chi connectivity index (χ0v) is 15.4. The Morgan fingerprint density at radius 1 is 1.26 bits per heavy atom. The fourth-order valence-corrected chi connectivity index (χ4v) is 3.96. The molecule has 1 N–H and O–H groups in total. The highest BCUT2D eigenvalue weighted by molar-refractivity contribution is 5.61. The molecule has 0 radical (unpaired) electrons. The number of hydrogen-bond donors (Lipinski definition) is 1. The van der Waals surface area contributed by atoms with Gasteiger partial charge in [0.25, 0.3) is 0 Å². The standard InChI is InChI=1S/C22H33N/c1-6-18(7-2)14-19-13-17(5)22(21(15-19)23-8-3)20-11-9-10-16(4)12-20/h8,12-13,15,18,20,23H,3,6-7,9-11,14H2,1-2,4-5H3. The average molecular weight is 312 g/mol. The lowest BCUT2D eigenvalue weighted by molar-refractivity contribution is 0.490. The lowest BCUT2D eigenvalue weighted by Gasteiger charge is -2.25. The number of aryl methyl sites for hydroxylation is 1. The van der Waals surface area contributed by atoms with Crippen molar-refractivity contribution in [3.63, 3.8) is 0 Å². The van der Waals surface area contributed by atoms with Crippen LogP contribution in [0.25, 0.3) is 0 Å². The molecule has 2 rings (SSSR count). The minimum Gasteiger partial charge on any atom is -0.362 e. The van der Waals surface area contributed by atoms with E-state index in [1.54, 1.807) is 0 Å². The van der Waals surface area contributed by atoms with Crippen LogP contribution in [0.3, 0.4) is 0 Å². The predicted octanol–water partition coefficient (Wildman–Crippen LogP) is 6.74. The van der Waals surface area contributed by atoms with Crippen molar-refractivity contribution in [2.24, 2.45) is 5.92 Å². The minimum atomic E-state index is 0.549. The summed E-state index contributed by atoms with van der Waals surface area (Å²) in [6, 6.07) is 4.78. The Balaban J connectivity index is 2.38. The van der Waals surface area contributed by atoms with Crippen molar-refractivity contribution in [1.29, 1.82) is 0 Å². The number of benzene rings is 1. The molecule has 0 saturated heterocycles. The van der Waals surface area contributed by atoms with Gasteiger partial charge in [-0.15, -0.1) is 0 Å². The number of nitrogens with one attached hydrogen (secondary N) is 1. The molecular formula is C22H33N. The van der Waals surface area contributed by atoms with E-state index in [0.29, 0.717) is 5.92 Å². The number of anilines is 1. The van der Waals surface area contributed by atoms with E-state index >= 15 is 0 Å². The Morgan fingerprint density at radius 2 is 2.00 bits per heavy atom. The van der Waals surface area contributed by atoms with E-state index in [2.05, 4.69) is 57.8 Å². The molecule has 0 aromatic heterocycles. The summed E-state index contributed by atoms with van der Waals surface area (Å²) in [5, 5.41) is 3.41. The molecule has 1 nitrogen and oxygen atoms in total. The van der Waals surface area contributed by atoms with Gasteiger partial charge in [-0.05, 0) is 74.4 Å². The highest BCUT2D eigenvalue weighted by atomic mass is 14.8. The largest absolute Gasteiger partial charge is 0.362 e. The molecule has 1 heteroatoms. The summed E-state index contributed by atoms with van der Waals surface area (Å²) < 4.78 is 0. The highest BCUT2D eigenvalue weighted by Gasteiger charge is 2.20. The van der Waals surface area contributed by atoms with Crippen LogP contribution in [0, 0.1) is 12.8 Å². The van der Waals surface area contributed by atoms with Gasteiger partial charge in [0.2, 0.25) is 0 Å². The van der Waals surface area contributed by atoms with Gasteiger partial charge in [0, 0.05) is 11.6 Å². The molecule has 0 spiro atoms. The SMILES string of the molecule is C=CNc1cc(CC(CC)CC)cc(C)c1C1C=C(C)CCC1. The van der Waals surface area contributed by atoms with Gasteiger partial charge in [0.15, 0.2) is 0 Å². The summed E-state index contributed by atoms with van der Waals surface area (Å²) in [5.41, 5.74) is 7.15. The van der Waals surface area contributed by atoms with Crippen molar-refractivity contribution in [1.82, 2.24) is 0 Å². The lowest BCUT2D eigenvalue weighted by atomic mass is 9.82. The van der Waals surface area contributed by atoms with Crippen molar-refractivity contribution < 1.29 is 0 Å². The third kappa shape index (κ3) is 4.50. The van der Waals surface area contributed by atoms with Crippen LogP contribution >= 0.6 is 0 Å². The normalized spacial score (nSPS) is 18.0. The Hall–Kier alpha value is -1.50. The molecule has 1 aliphatic carbocycles. The first-order chi connectivity index (χ1) is 11.1. The molecule has 1 atom stereocenters. The molecule has 0 fully saturated rings. The van der Waals surface area contributed by atoms with Gasteiger partial charge < -0.3 is 5.32 Å². The maximum Gasteiger partial charge on any atom is 0.0423 e. The maximum absolute atomic E-state index is 3.88. The molecule has 126 valence electrons. The Bertz CT molecular complexity index is 564. The van der Waals surface area contributed by atoms with Crippen LogP contribution in [-0.2, 0) is 6.42 Å². The molecule has 23 heavy (non-hydrogen) atoms. The quantitative estimate of drug-likeness (QED) is 0.550. The third-order valence-electron chi connectivity index (χ3n) is 5.33. The summed E-state index contributed by atoms with van der Waals surface area (Å²) >= 11 is 0. The van der Waals surface area contributed by atoms with E-state index in [9.17, 15) is 0 Å². The van der Waals surface area contributed by atoms with Crippen LogP contribution in [0.5, 0.6) is 0 Å². The Morgan fingerprint density at radius 3 is 2.61 bits per heavy atom. The number of allylic oxidation sites excluding steroid dienone is 2. The van der Waals surface area contributed by atoms with Crippen LogP contribution in [0.4, 0.5) is 5.69 Å². The maximum atomic E-state index is 3.88. The summed E-state index contributed by atoms with van der Waals surface area (Å²) in [4.78, 5) is 0. The molecule has 0 saturated carbocycles. The van der Waals surface area contributed by atoms with Crippen molar-refractivity contribution in [2.45, 2.75) is 72.1 Å². The topological polar surface area (TPSA) is 12.0 Å². The fourth-order valence-electron chi connectivity index (χ4n) is 3.96. The van der Waals surface area contributed by atoms with Gasteiger partial charge in [-0.1, -0.05) is 51.0 Å². The first-order valence-corrected chi connectivity index (χ1v) is 9.27. The lowest BCUT2D eigenvalue weighted by Crippen LogP contribution is -2.09. The van der Waals surface area contributed by atoms with Gasteiger partial charge >= 0.3 is 0 Å². The summed E-state index contributed by atoms with van der Waals surface area (Å²) in [7, 11) is 0. The smallest absolute Gasteiger partial charge is 0.0423 e. The van der Waals surface area contributed by atoms with Gasteiger partial charge in [-0.2, -0.15) is 0 Å². The monoisotopic (exact) mass is 311 g/mol. The van der Waals surface area contributed by atoms with Gasteiger partial charge in [-0.25, -0.2) is 0 Å². The third-order valence-corrected chi connectivity index (χ3v) is 5.33. The van der Waals surface area contributed by atoms with E-state index in [-0.39, 0.29) is 0 Å². The van der Waals surface area contributed by atoms with E-state index in [0.717, 1.165) is 5.92 Å². The highest BCUT2D eigenvalue weighted by Crippen LogP contribution is 2.38. The van der Waals surface area contributed by atoms with Crippen LogP contribution in [0.2, 0.25) is 0 Å². The molecule has 0 aliphatic heterocycles. The van der Waals surface area contributed by atoms with Gasteiger partial charge in [0.05, 0.1) is 0 Å². The molecule has 0 heterocycles. The molecule has 1 aliphatic rings. The fraction of sp³-hybridized carbons (Fsp3) is 0.545. The first-order valence-electron chi connectivity index (χ1n) is 9.27. The van der Waals surface area contributed by atoms with Crippen LogP contribution in [0.1, 0.15) is 75.5 Å². The summed E-state index contributed by atoms with van der Waals surface area (Å²) in [5.74, 6) is 1.34. The van der Waals surface area contributed by atoms with Crippen LogP contribution in [0.15, 0.2) is 36.6 Å². The van der Waals surface area contributed by atoms with E-state index in [4.69, 9.17) is 0 Å². The van der Waals surface area contributed by atoms with Gasteiger partial charge in [0.1, 0.15) is 0 Å². The summed E-state index contributed by atoms with van der Waals surface area (Å²) in [6.45, 7) is 13.0. The second-order valence-electron chi connectivity index (χ2n) is 7.12. The summed E-state index contributed by atoms with van der Waals surface area (Å²) in [6.07, 6.45) is 11.8. The van der Waals surface area contributed by atoms with Crippen molar-refractivity contribution in [3.8, 4) is 0 Å². The Kier molecular flexibility index (Phi) is 6.50. The zero-order valence-electron chi connectivity index (χ0n) is 15.4. The van der Waals surface area contributed by atoms with E-state index < -0.39 is 0 Å². The van der Waals surface area contributed by atoms with Crippen molar-refractivity contribution in [2.75, 3.05) is 5.32 Å². The molecular weight excluding hydrogens is 278 g/mol. The van der Waals surface area contributed by atoms with Crippen molar-refractivity contribution >= 4 is 5.69 Å². The van der Waals surface area contributed by atoms with E-state index in [1.807, 2.05) is 6.20 Å². The molecule has 0 amide bonds. The average Bonchev–Trinajstić information content (AvgIpc) is 2.52. The second-order valence-corrected chi connectivity index (χ2v) is 7.12. The second kappa shape index (κ2) is 8.38. The molecule has 1 aromatic rings. The minimum absolute atomic E-state index is 0.549. The zero-order chi connectivity index (χ0) is 16.8. The number of rotatable bonds is 7. The van der Waals surface area contributed by atoms with Crippen LogP contribution in [-0.4, -0.2) is 0 Å². The van der Waals surface area contributed by atoms with Gasteiger partial charge in [-0.3, -0.25) is 0 Å². The molecule has 0 bridgehead atoms. The molecule has 1 aromatic carbocycles.